The summed E-state index contributed by atoms with van der Waals surface area (Å²) in [6.45, 7) is 3.39. The standard InChI is InChI=1S/C55H86NO8P/c1-3-5-7-9-11-13-15-17-19-21-23-24-25-26-27-28-30-32-34-36-38-40-42-44-46-48-55(58)64-53(52-63-65(59,60)62-50-49-56)51-61-54(57)47-45-43-41-39-37-35-33-31-29-22-20-18-16-14-12-10-8-6-4-2/h5-8,11-14,17-20,23-24,26-27,29-32,35-38,53H,3-4,9-10,15-16,21-22,25,28,33-34,39-52,56H2,1-2H3,(H,59,60)/b7-5-,8-6-,13-11-,14-12-,19-17-,20-18-,24-23-,27-26-,31-29-,32-30-,37-35-,38-36-. The summed E-state index contributed by atoms with van der Waals surface area (Å²) >= 11 is 0. The molecule has 0 aliphatic rings. The molecule has 65 heavy (non-hydrogen) atoms. The maximum Gasteiger partial charge on any atom is 0.472 e. The summed E-state index contributed by atoms with van der Waals surface area (Å²) < 4.78 is 32.8. The molecule has 0 saturated heterocycles. The van der Waals surface area contributed by atoms with E-state index < -0.39 is 32.5 Å². The Morgan fingerprint density at radius 3 is 1.15 bits per heavy atom. The number of phosphoric acid groups is 1. The number of rotatable bonds is 43. The lowest BCUT2D eigenvalue weighted by Gasteiger charge is -2.19. The second-order valence-corrected chi connectivity index (χ2v) is 16.7. The molecule has 0 aliphatic carbocycles. The second kappa shape index (κ2) is 49.3. The highest BCUT2D eigenvalue weighted by atomic mass is 31.2. The van der Waals surface area contributed by atoms with E-state index in [4.69, 9.17) is 24.3 Å². The predicted octanol–water partition coefficient (Wildman–Crippen LogP) is 14.8. The van der Waals surface area contributed by atoms with Crippen LogP contribution in [0, 0.1) is 0 Å². The molecule has 0 radical (unpaired) electrons. The van der Waals surface area contributed by atoms with Crippen LogP contribution in [0.15, 0.2) is 146 Å². The van der Waals surface area contributed by atoms with Crippen molar-refractivity contribution >= 4 is 19.8 Å². The Labute approximate surface area is 395 Å². The highest BCUT2D eigenvalue weighted by molar-refractivity contribution is 7.47. The van der Waals surface area contributed by atoms with Crippen LogP contribution >= 0.6 is 7.82 Å². The second-order valence-electron chi connectivity index (χ2n) is 15.2. The molecular weight excluding hydrogens is 834 g/mol. The maximum atomic E-state index is 12.6. The molecule has 364 valence electrons. The summed E-state index contributed by atoms with van der Waals surface area (Å²) in [7, 11) is -4.41. The number of carbonyl (C=O) groups excluding carboxylic acids is 2. The number of esters is 2. The van der Waals surface area contributed by atoms with Gasteiger partial charge in [-0.05, 0) is 116 Å². The molecule has 0 aliphatic heterocycles. The molecule has 0 spiro atoms. The van der Waals surface area contributed by atoms with Gasteiger partial charge in [-0.3, -0.25) is 18.6 Å². The summed E-state index contributed by atoms with van der Waals surface area (Å²) in [5.41, 5.74) is 5.36. The summed E-state index contributed by atoms with van der Waals surface area (Å²) in [6.07, 6.45) is 70.2. The van der Waals surface area contributed by atoms with Crippen molar-refractivity contribution in [3.8, 4) is 0 Å². The van der Waals surface area contributed by atoms with E-state index in [0.717, 1.165) is 116 Å². The van der Waals surface area contributed by atoms with E-state index in [0.29, 0.717) is 12.8 Å². The van der Waals surface area contributed by atoms with Gasteiger partial charge in [0, 0.05) is 19.4 Å². The number of allylic oxidation sites excluding steroid dienone is 24. The van der Waals surface area contributed by atoms with Crippen LogP contribution in [0.5, 0.6) is 0 Å². The van der Waals surface area contributed by atoms with Crippen LogP contribution < -0.4 is 5.73 Å². The lowest BCUT2D eigenvalue weighted by atomic mass is 10.1. The predicted molar refractivity (Wildman–Crippen MR) is 274 cm³/mol. The smallest absolute Gasteiger partial charge is 0.462 e. The van der Waals surface area contributed by atoms with Crippen molar-refractivity contribution in [2.24, 2.45) is 5.73 Å². The summed E-state index contributed by atoms with van der Waals surface area (Å²) in [5.74, 6) is -0.921. The van der Waals surface area contributed by atoms with Crippen molar-refractivity contribution in [2.75, 3.05) is 26.4 Å². The Bertz CT molecular complexity index is 1560. The van der Waals surface area contributed by atoms with Crippen molar-refractivity contribution < 1.29 is 37.6 Å². The molecule has 0 amide bonds. The molecule has 0 aromatic carbocycles. The molecule has 2 atom stereocenters. The number of phosphoric ester groups is 1. The molecule has 0 fully saturated rings. The molecule has 3 N–H and O–H groups in total. The number of hydrogen-bond acceptors (Lipinski definition) is 8. The van der Waals surface area contributed by atoms with Gasteiger partial charge in [0.15, 0.2) is 6.10 Å². The van der Waals surface area contributed by atoms with Gasteiger partial charge in [-0.2, -0.15) is 0 Å². The molecule has 2 unspecified atom stereocenters. The molecule has 0 aromatic heterocycles. The number of nitrogens with two attached hydrogens (primary N) is 1. The SMILES string of the molecule is CC/C=C\C/C=C\C/C=C\C/C=C\C/C=C\C/C=C\C/C=C\CCCCCC(=O)OC(COC(=O)CCCCC/C=C\C/C=C\C/C=C\C/C=C\C/C=C\CC)COP(=O)(O)OCCN. The summed E-state index contributed by atoms with van der Waals surface area (Å²) in [6, 6.07) is 0. The van der Waals surface area contributed by atoms with Crippen molar-refractivity contribution in [1.82, 2.24) is 0 Å². The third-order valence-corrected chi connectivity index (χ3v) is 10.2. The van der Waals surface area contributed by atoms with Gasteiger partial charge in [-0.25, -0.2) is 4.57 Å². The topological polar surface area (TPSA) is 134 Å². The van der Waals surface area contributed by atoms with Gasteiger partial charge < -0.3 is 20.1 Å². The largest absolute Gasteiger partial charge is 0.472 e. The van der Waals surface area contributed by atoms with Crippen LogP contribution in [0.4, 0.5) is 0 Å². The Morgan fingerprint density at radius 2 is 0.800 bits per heavy atom. The average molecular weight is 920 g/mol. The van der Waals surface area contributed by atoms with E-state index in [2.05, 4.69) is 160 Å². The number of ether oxygens (including phenoxy) is 2. The molecule has 0 aromatic rings. The van der Waals surface area contributed by atoms with Gasteiger partial charge in [-0.1, -0.05) is 173 Å². The lowest BCUT2D eigenvalue weighted by Crippen LogP contribution is -2.29. The van der Waals surface area contributed by atoms with E-state index in [9.17, 15) is 19.0 Å². The zero-order chi connectivity index (χ0) is 47.4. The first-order valence-electron chi connectivity index (χ1n) is 24.3. The minimum Gasteiger partial charge on any atom is -0.462 e. The molecular formula is C55H86NO8P. The van der Waals surface area contributed by atoms with Gasteiger partial charge in [0.1, 0.15) is 6.61 Å². The Hall–Kier alpha value is -4.11. The number of hydrogen-bond donors (Lipinski definition) is 2. The van der Waals surface area contributed by atoms with Crippen molar-refractivity contribution in [3.63, 3.8) is 0 Å². The fraction of sp³-hybridized carbons (Fsp3) is 0.527. The Balaban J connectivity index is 4.27. The van der Waals surface area contributed by atoms with Gasteiger partial charge in [0.25, 0.3) is 0 Å². The van der Waals surface area contributed by atoms with Crippen molar-refractivity contribution in [3.05, 3.63) is 146 Å². The van der Waals surface area contributed by atoms with Gasteiger partial charge in [-0.15, -0.1) is 0 Å². The van der Waals surface area contributed by atoms with Crippen LogP contribution in [-0.2, 0) is 32.7 Å². The normalized spacial score (nSPS) is 14.5. The van der Waals surface area contributed by atoms with E-state index >= 15 is 0 Å². The monoisotopic (exact) mass is 920 g/mol. The highest BCUT2D eigenvalue weighted by Gasteiger charge is 2.26. The molecule has 0 heterocycles. The Kier molecular flexibility index (Phi) is 46.2. The van der Waals surface area contributed by atoms with Crippen LogP contribution in [0.1, 0.15) is 155 Å². The summed E-state index contributed by atoms with van der Waals surface area (Å²) in [4.78, 5) is 35.0. The first-order chi connectivity index (χ1) is 31.8. The van der Waals surface area contributed by atoms with Crippen LogP contribution in [0.25, 0.3) is 0 Å². The maximum absolute atomic E-state index is 12.6. The quantitative estimate of drug-likeness (QED) is 0.0265. The summed E-state index contributed by atoms with van der Waals surface area (Å²) in [5, 5.41) is 0. The van der Waals surface area contributed by atoms with Crippen molar-refractivity contribution in [1.29, 1.82) is 0 Å². The Morgan fingerprint density at radius 1 is 0.462 bits per heavy atom. The van der Waals surface area contributed by atoms with E-state index in [1.165, 1.54) is 0 Å². The third kappa shape index (κ3) is 49.2. The average Bonchev–Trinajstić information content (AvgIpc) is 3.30. The van der Waals surface area contributed by atoms with Gasteiger partial charge in [0.05, 0.1) is 13.2 Å². The minimum atomic E-state index is -4.41. The van der Waals surface area contributed by atoms with Crippen LogP contribution in [0.3, 0.4) is 0 Å². The minimum absolute atomic E-state index is 0.0333. The first kappa shape index (κ1) is 60.9. The van der Waals surface area contributed by atoms with E-state index in [1.807, 2.05) is 0 Å². The first-order valence-corrected chi connectivity index (χ1v) is 25.8. The molecule has 0 bridgehead atoms. The fourth-order valence-corrected chi connectivity index (χ4v) is 6.46. The third-order valence-electron chi connectivity index (χ3n) is 9.22. The molecule has 0 saturated carbocycles. The highest BCUT2D eigenvalue weighted by Crippen LogP contribution is 2.43. The van der Waals surface area contributed by atoms with E-state index in [-0.39, 0.29) is 32.6 Å². The van der Waals surface area contributed by atoms with Gasteiger partial charge >= 0.3 is 19.8 Å². The van der Waals surface area contributed by atoms with Crippen molar-refractivity contribution in [2.45, 2.75) is 161 Å². The fourth-order valence-electron chi connectivity index (χ4n) is 5.70. The zero-order valence-corrected chi connectivity index (χ0v) is 41.0. The van der Waals surface area contributed by atoms with E-state index in [1.54, 1.807) is 0 Å². The molecule has 9 nitrogen and oxygen atoms in total. The molecule has 0 rings (SSSR count). The van der Waals surface area contributed by atoms with Crippen LogP contribution in [0.2, 0.25) is 0 Å². The lowest BCUT2D eigenvalue weighted by molar-refractivity contribution is -0.161. The number of carbonyl (C=O) groups is 2. The van der Waals surface area contributed by atoms with Gasteiger partial charge in [0.2, 0.25) is 0 Å². The zero-order valence-electron chi connectivity index (χ0n) is 40.1. The number of unbranched alkanes of at least 4 members (excludes halogenated alkanes) is 6. The van der Waals surface area contributed by atoms with Crippen LogP contribution in [-0.4, -0.2) is 49.3 Å². The molecule has 10 heteroatoms.